The van der Waals surface area contributed by atoms with E-state index < -0.39 is 11.7 Å². The molecule has 5 rings (SSSR count). The van der Waals surface area contributed by atoms with Crippen LogP contribution in [0.1, 0.15) is 18.4 Å². The summed E-state index contributed by atoms with van der Waals surface area (Å²) in [7, 11) is 0. The van der Waals surface area contributed by atoms with Crippen molar-refractivity contribution in [2.24, 2.45) is 0 Å². The summed E-state index contributed by atoms with van der Waals surface area (Å²) in [5.41, 5.74) is 1.08. The lowest BCUT2D eigenvalue weighted by Crippen LogP contribution is -2.47. The van der Waals surface area contributed by atoms with Gasteiger partial charge in [-0.1, -0.05) is 23.9 Å². The number of ether oxygens (including phenoxy) is 1. The van der Waals surface area contributed by atoms with E-state index in [0.717, 1.165) is 94.0 Å². The summed E-state index contributed by atoms with van der Waals surface area (Å²) in [4.78, 5) is 11.6. The molecular weight excluding hydrogens is 485 g/mol. The highest BCUT2D eigenvalue weighted by molar-refractivity contribution is 7.99. The fourth-order valence-electron chi connectivity index (χ4n) is 5.28. The first kappa shape index (κ1) is 25.9. The molecule has 0 bridgehead atoms. The average Bonchev–Trinajstić information content (AvgIpc) is 2.89. The first-order valence-corrected chi connectivity index (χ1v) is 13.8. The molecule has 3 aliphatic rings. The van der Waals surface area contributed by atoms with Crippen LogP contribution >= 0.6 is 11.8 Å². The van der Waals surface area contributed by atoms with Crippen LogP contribution < -0.4 is 4.90 Å². The number of para-hydroxylation sites is 1. The molecule has 2 aromatic rings. The van der Waals surface area contributed by atoms with Gasteiger partial charge in [0.25, 0.3) is 0 Å². The molecule has 0 amide bonds. The maximum Gasteiger partial charge on any atom is 0.416 e. The molecule has 0 atom stereocenters. The number of fused-ring (bicyclic) bond motifs is 2. The molecule has 196 valence electrons. The van der Waals surface area contributed by atoms with Gasteiger partial charge in [0.05, 0.1) is 30.2 Å². The van der Waals surface area contributed by atoms with Crippen molar-refractivity contribution in [1.29, 1.82) is 0 Å². The minimum absolute atomic E-state index is 0.587. The Kier molecular flexibility index (Phi) is 8.42. The van der Waals surface area contributed by atoms with Gasteiger partial charge >= 0.3 is 6.18 Å². The Morgan fingerprint density at radius 3 is 1.94 bits per heavy atom. The lowest BCUT2D eigenvalue weighted by atomic mass is 10.1. The molecule has 9 heteroatoms. The van der Waals surface area contributed by atoms with Gasteiger partial charge < -0.3 is 19.4 Å². The van der Waals surface area contributed by atoms with Crippen LogP contribution in [0.5, 0.6) is 0 Å². The third kappa shape index (κ3) is 6.37. The molecule has 2 fully saturated rings. The van der Waals surface area contributed by atoms with Crippen LogP contribution in [0.3, 0.4) is 0 Å². The zero-order valence-electron chi connectivity index (χ0n) is 20.7. The van der Waals surface area contributed by atoms with E-state index in [2.05, 4.69) is 19.6 Å². The second kappa shape index (κ2) is 11.7. The van der Waals surface area contributed by atoms with Gasteiger partial charge in [0.1, 0.15) is 0 Å². The van der Waals surface area contributed by atoms with Crippen molar-refractivity contribution >= 4 is 23.1 Å². The van der Waals surface area contributed by atoms with E-state index in [0.29, 0.717) is 12.2 Å². The molecule has 0 aliphatic carbocycles. The first-order chi connectivity index (χ1) is 17.5. The van der Waals surface area contributed by atoms with Gasteiger partial charge in [0, 0.05) is 55.6 Å². The van der Waals surface area contributed by atoms with Crippen LogP contribution in [0.15, 0.2) is 52.3 Å². The van der Waals surface area contributed by atoms with Gasteiger partial charge in [-0.3, -0.25) is 4.90 Å². The Labute approximate surface area is 216 Å². The molecule has 0 radical (unpaired) electrons. The number of alkyl halides is 3. The summed E-state index contributed by atoms with van der Waals surface area (Å²) in [6.07, 6.45) is -2.23. The summed E-state index contributed by atoms with van der Waals surface area (Å²) in [5.74, 6) is 0. The maximum atomic E-state index is 13.4. The third-order valence-corrected chi connectivity index (χ3v) is 8.46. The van der Waals surface area contributed by atoms with Crippen molar-refractivity contribution in [1.82, 2.24) is 14.7 Å². The van der Waals surface area contributed by atoms with Gasteiger partial charge in [-0.25, -0.2) is 0 Å². The smallest absolute Gasteiger partial charge is 0.379 e. The van der Waals surface area contributed by atoms with E-state index in [-0.39, 0.29) is 0 Å². The van der Waals surface area contributed by atoms with Crippen LogP contribution in [0.4, 0.5) is 24.5 Å². The molecule has 0 unspecified atom stereocenters. The standard InChI is InChI=1S/C27H35F3N4OS/c28-27(29,30)22-7-8-26-24(21-22)34(23-5-1-2-6-25(23)36-26)12-4-11-32-15-13-31(14-16-32)9-3-10-33-17-19-35-20-18-33/h1-2,5-8,21H,3-4,9-20H2. The lowest BCUT2D eigenvalue weighted by molar-refractivity contribution is -0.137. The Morgan fingerprint density at radius 2 is 1.28 bits per heavy atom. The molecule has 36 heavy (non-hydrogen) atoms. The Balaban J connectivity index is 1.12. The molecule has 2 saturated heterocycles. The largest absolute Gasteiger partial charge is 0.416 e. The highest BCUT2D eigenvalue weighted by Crippen LogP contribution is 2.49. The molecule has 3 heterocycles. The lowest BCUT2D eigenvalue weighted by Gasteiger charge is -2.36. The van der Waals surface area contributed by atoms with Gasteiger partial charge in [-0.2, -0.15) is 13.2 Å². The van der Waals surface area contributed by atoms with E-state index >= 15 is 0 Å². The highest BCUT2D eigenvalue weighted by Gasteiger charge is 2.33. The molecule has 0 saturated carbocycles. The predicted octanol–water partition coefficient (Wildman–Crippen LogP) is 5.04. The van der Waals surface area contributed by atoms with Gasteiger partial charge in [-0.05, 0) is 62.8 Å². The normalized spacial score (nSPS) is 19.8. The minimum Gasteiger partial charge on any atom is -0.379 e. The second-order valence-corrected chi connectivity index (χ2v) is 10.8. The predicted molar refractivity (Wildman–Crippen MR) is 138 cm³/mol. The quantitative estimate of drug-likeness (QED) is 0.483. The molecule has 0 spiro atoms. The van der Waals surface area contributed by atoms with E-state index in [9.17, 15) is 13.2 Å². The molecule has 3 aliphatic heterocycles. The van der Waals surface area contributed by atoms with Crippen molar-refractivity contribution in [2.45, 2.75) is 28.8 Å². The fourth-order valence-corrected chi connectivity index (χ4v) is 6.35. The summed E-state index contributed by atoms with van der Waals surface area (Å²) < 4.78 is 45.7. The zero-order chi connectivity index (χ0) is 25.0. The van der Waals surface area contributed by atoms with Gasteiger partial charge in [0.2, 0.25) is 0 Å². The topological polar surface area (TPSA) is 22.2 Å². The average molecular weight is 521 g/mol. The maximum absolute atomic E-state index is 13.4. The fraction of sp³-hybridized carbons (Fsp3) is 0.556. The van der Waals surface area contributed by atoms with Crippen molar-refractivity contribution in [3.05, 3.63) is 48.0 Å². The minimum atomic E-state index is -4.34. The van der Waals surface area contributed by atoms with Gasteiger partial charge in [0.15, 0.2) is 0 Å². The van der Waals surface area contributed by atoms with E-state index in [4.69, 9.17) is 4.74 Å². The number of anilines is 2. The Hall–Kier alpha value is -1.78. The number of hydrogen-bond donors (Lipinski definition) is 0. The van der Waals surface area contributed by atoms with Gasteiger partial charge in [-0.15, -0.1) is 0 Å². The monoisotopic (exact) mass is 520 g/mol. The number of benzene rings is 2. The third-order valence-electron chi connectivity index (χ3n) is 7.33. The summed E-state index contributed by atoms with van der Waals surface area (Å²) in [6.45, 7) is 12.1. The van der Waals surface area contributed by atoms with Crippen molar-refractivity contribution in [3.63, 3.8) is 0 Å². The molecule has 0 aromatic heterocycles. The summed E-state index contributed by atoms with van der Waals surface area (Å²) in [6, 6.07) is 12.1. The number of hydrogen-bond acceptors (Lipinski definition) is 6. The summed E-state index contributed by atoms with van der Waals surface area (Å²) >= 11 is 1.55. The molecule has 2 aromatic carbocycles. The highest BCUT2D eigenvalue weighted by atomic mass is 32.2. The first-order valence-electron chi connectivity index (χ1n) is 13.0. The molecular formula is C27H35F3N4OS. The Morgan fingerprint density at radius 1 is 0.694 bits per heavy atom. The number of nitrogens with zero attached hydrogens (tertiary/aromatic N) is 4. The van der Waals surface area contributed by atoms with Crippen LogP contribution in [0, 0.1) is 0 Å². The van der Waals surface area contributed by atoms with E-state index in [1.807, 2.05) is 24.3 Å². The molecule has 0 N–H and O–H groups in total. The summed E-state index contributed by atoms with van der Waals surface area (Å²) in [5, 5.41) is 0. The van der Waals surface area contributed by atoms with Crippen LogP contribution in [0.25, 0.3) is 0 Å². The number of morpholine rings is 1. The van der Waals surface area contributed by atoms with Crippen molar-refractivity contribution in [2.75, 3.05) is 83.6 Å². The second-order valence-electron chi connectivity index (χ2n) is 9.75. The SMILES string of the molecule is FC(F)(F)c1ccc2c(c1)N(CCCN1CCN(CCCN3CCOCC3)CC1)c1ccccc1S2. The van der Waals surface area contributed by atoms with Crippen molar-refractivity contribution in [3.8, 4) is 0 Å². The number of piperazine rings is 1. The van der Waals surface area contributed by atoms with E-state index in [1.165, 1.54) is 18.6 Å². The zero-order valence-corrected chi connectivity index (χ0v) is 21.5. The van der Waals surface area contributed by atoms with Crippen molar-refractivity contribution < 1.29 is 17.9 Å². The van der Waals surface area contributed by atoms with Crippen LogP contribution in [-0.2, 0) is 10.9 Å². The van der Waals surface area contributed by atoms with Crippen LogP contribution in [0.2, 0.25) is 0 Å². The van der Waals surface area contributed by atoms with E-state index in [1.54, 1.807) is 17.8 Å². The number of halogens is 3. The molecule has 5 nitrogen and oxygen atoms in total. The Bertz CT molecular complexity index is 1010. The number of rotatable bonds is 8. The van der Waals surface area contributed by atoms with Crippen LogP contribution in [-0.4, -0.2) is 93.4 Å².